The number of carbonyl (C=O) groups is 1. The molecular formula is C25H33N7O. The Bertz CT molecular complexity index is 1160. The van der Waals surface area contributed by atoms with Gasteiger partial charge < -0.3 is 16.0 Å². The van der Waals surface area contributed by atoms with Gasteiger partial charge in [0.1, 0.15) is 16.9 Å². The molecule has 3 aromatic rings. The van der Waals surface area contributed by atoms with E-state index in [0.717, 1.165) is 31.0 Å². The zero-order valence-electron chi connectivity index (χ0n) is 20.4. The number of nitrogen functional groups attached to an aromatic ring is 1. The maximum atomic E-state index is 12.5. The number of hydrogen-bond donors (Lipinski definition) is 2. The highest BCUT2D eigenvalue weighted by Gasteiger charge is 2.10. The van der Waals surface area contributed by atoms with Crippen LogP contribution in [0, 0.1) is 25.7 Å². The van der Waals surface area contributed by atoms with Gasteiger partial charge in [-0.1, -0.05) is 39.5 Å². The van der Waals surface area contributed by atoms with Crippen LogP contribution < -0.4 is 11.1 Å². The van der Waals surface area contributed by atoms with E-state index in [4.69, 9.17) is 5.73 Å². The van der Waals surface area contributed by atoms with Crippen molar-refractivity contribution in [3.63, 3.8) is 0 Å². The third-order valence-corrected chi connectivity index (χ3v) is 5.09. The number of anilines is 1. The minimum atomic E-state index is -0.174. The van der Waals surface area contributed by atoms with E-state index in [1.807, 2.05) is 27.7 Å². The standard InChI is InChI=1S/C23H27N7O.C2H6/c1-5-30(6-2)10-9-26-23(31)18-11-17(12-25-13-18)7-8-19-21-20(14-27-22(19)24)28-15(3)16(4)29-21;1-2/h11-14H,5-6,9-10H2,1-4H3,(H2,24,27)(H,26,31);1-2H3. The van der Waals surface area contributed by atoms with Gasteiger partial charge in [0, 0.05) is 31.0 Å². The predicted octanol–water partition coefficient (Wildman–Crippen LogP) is 3.12. The molecule has 0 aliphatic heterocycles. The SMILES string of the molecule is CC.CCN(CC)CCNC(=O)c1cncc(C#Cc2c(N)ncc3nc(C)c(C)nc23)c1. The van der Waals surface area contributed by atoms with Gasteiger partial charge in [0.25, 0.3) is 5.91 Å². The molecule has 33 heavy (non-hydrogen) atoms. The van der Waals surface area contributed by atoms with Crippen LogP contribution in [0.2, 0.25) is 0 Å². The fourth-order valence-corrected chi connectivity index (χ4v) is 3.07. The van der Waals surface area contributed by atoms with Crippen molar-refractivity contribution >= 4 is 22.8 Å². The van der Waals surface area contributed by atoms with Crippen molar-refractivity contribution in [1.82, 2.24) is 30.2 Å². The van der Waals surface area contributed by atoms with E-state index < -0.39 is 0 Å². The van der Waals surface area contributed by atoms with E-state index in [1.165, 1.54) is 6.20 Å². The van der Waals surface area contributed by atoms with Gasteiger partial charge in [0.05, 0.1) is 28.7 Å². The average molecular weight is 448 g/mol. The number of fused-ring (bicyclic) bond motifs is 1. The van der Waals surface area contributed by atoms with Crippen molar-refractivity contribution in [3.8, 4) is 11.8 Å². The number of pyridine rings is 2. The molecule has 1 amide bonds. The molecule has 3 heterocycles. The lowest BCUT2D eigenvalue weighted by Gasteiger charge is -2.17. The predicted molar refractivity (Wildman–Crippen MR) is 133 cm³/mol. The van der Waals surface area contributed by atoms with E-state index in [-0.39, 0.29) is 11.7 Å². The summed E-state index contributed by atoms with van der Waals surface area (Å²) >= 11 is 0. The molecule has 0 bridgehead atoms. The van der Waals surface area contributed by atoms with Gasteiger partial charge in [-0.2, -0.15) is 0 Å². The van der Waals surface area contributed by atoms with Crippen LogP contribution >= 0.6 is 0 Å². The summed E-state index contributed by atoms with van der Waals surface area (Å²) in [5.74, 6) is 6.18. The van der Waals surface area contributed by atoms with Gasteiger partial charge in [0.15, 0.2) is 0 Å². The van der Waals surface area contributed by atoms with Crippen LogP contribution in [0.4, 0.5) is 5.82 Å². The van der Waals surface area contributed by atoms with Crippen LogP contribution in [0.1, 0.15) is 60.6 Å². The highest BCUT2D eigenvalue weighted by molar-refractivity contribution is 5.94. The summed E-state index contributed by atoms with van der Waals surface area (Å²) < 4.78 is 0. The van der Waals surface area contributed by atoms with Gasteiger partial charge in [-0.25, -0.2) is 15.0 Å². The third-order valence-electron chi connectivity index (χ3n) is 5.09. The van der Waals surface area contributed by atoms with Crippen LogP contribution in [-0.2, 0) is 0 Å². The zero-order valence-corrected chi connectivity index (χ0v) is 20.4. The Labute approximate surface area is 196 Å². The van der Waals surface area contributed by atoms with Crippen molar-refractivity contribution in [2.75, 3.05) is 31.9 Å². The summed E-state index contributed by atoms with van der Waals surface area (Å²) in [5.41, 5.74) is 10.5. The molecule has 3 aromatic heterocycles. The Kier molecular flexibility index (Phi) is 9.70. The lowest BCUT2D eigenvalue weighted by Crippen LogP contribution is -2.34. The first-order valence-electron chi connectivity index (χ1n) is 11.3. The molecule has 0 aliphatic rings. The molecule has 0 spiro atoms. The number of aromatic nitrogens is 4. The summed E-state index contributed by atoms with van der Waals surface area (Å²) in [5, 5.41) is 2.93. The number of nitrogens with two attached hydrogens (primary N) is 1. The molecule has 174 valence electrons. The van der Waals surface area contributed by atoms with E-state index in [1.54, 1.807) is 18.5 Å². The Morgan fingerprint density at radius 3 is 2.45 bits per heavy atom. The average Bonchev–Trinajstić information content (AvgIpc) is 2.84. The lowest BCUT2D eigenvalue weighted by molar-refractivity contribution is 0.0948. The Hall–Kier alpha value is -3.57. The second-order valence-electron chi connectivity index (χ2n) is 7.14. The van der Waals surface area contributed by atoms with Gasteiger partial charge in [-0.15, -0.1) is 0 Å². The van der Waals surface area contributed by atoms with Gasteiger partial charge in [-0.05, 0) is 33.0 Å². The van der Waals surface area contributed by atoms with Crippen LogP contribution in [0.25, 0.3) is 11.0 Å². The number of hydrogen-bond acceptors (Lipinski definition) is 7. The molecule has 8 nitrogen and oxygen atoms in total. The maximum Gasteiger partial charge on any atom is 0.252 e. The van der Waals surface area contributed by atoms with E-state index >= 15 is 0 Å². The Morgan fingerprint density at radius 2 is 1.76 bits per heavy atom. The quantitative estimate of drug-likeness (QED) is 0.559. The first-order valence-corrected chi connectivity index (χ1v) is 11.3. The number of nitrogens with zero attached hydrogens (tertiary/aromatic N) is 5. The highest BCUT2D eigenvalue weighted by atomic mass is 16.1. The Morgan fingerprint density at radius 1 is 1.06 bits per heavy atom. The third kappa shape index (κ3) is 6.70. The summed E-state index contributed by atoms with van der Waals surface area (Å²) in [4.78, 5) is 32.1. The molecule has 0 saturated heterocycles. The number of rotatable bonds is 6. The Balaban J connectivity index is 0.00000187. The molecule has 3 rings (SSSR count). The summed E-state index contributed by atoms with van der Waals surface area (Å²) in [6.45, 7) is 15.3. The molecule has 3 N–H and O–H groups in total. The smallest absolute Gasteiger partial charge is 0.252 e. The van der Waals surface area contributed by atoms with Crippen molar-refractivity contribution in [1.29, 1.82) is 0 Å². The summed E-state index contributed by atoms with van der Waals surface area (Å²) in [6, 6.07) is 1.71. The second-order valence-corrected chi connectivity index (χ2v) is 7.14. The first kappa shape index (κ1) is 25.7. The molecule has 0 radical (unpaired) electrons. The first-order chi connectivity index (χ1) is 15.9. The van der Waals surface area contributed by atoms with Gasteiger partial charge in [0.2, 0.25) is 0 Å². The fraction of sp³-hybridized carbons (Fsp3) is 0.400. The number of amides is 1. The maximum absolute atomic E-state index is 12.5. The molecule has 0 unspecified atom stereocenters. The van der Waals surface area contributed by atoms with Crippen LogP contribution in [0.15, 0.2) is 24.7 Å². The van der Waals surface area contributed by atoms with Crippen LogP contribution in [-0.4, -0.2) is 56.9 Å². The molecular weight excluding hydrogens is 414 g/mol. The van der Waals surface area contributed by atoms with Crippen molar-refractivity contribution < 1.29 is 4.79 Å². The van der Waals surface area contributed by atoms with E-state index in [9.17, 15) is 4.79 Å². The molecule has 0 atom stereocenters. The minimum Gasteiger partial charge on any atom is -0.383 e. The molecule has 8 heteroatoms. The van der Waals surface area contributed by atoms with Crippen molar-refractivity contribution in [2.24, 2.45) is 0 Å². The minimum absolute atomic E-state index is 0.174. The topological polar surface area (TPSA) is 110 Å². The van der Waals surface area contributed by atoms with Crippen molar-refractivity contribution in [3.05, 3.63) is 52.7 Å². The van der Waals surface area contributed by atoms with Gasteiger partial charge in [-0.3, -0.25) is 9.78 Å². The largest absolute Gasteiger partial charge is 0.383 e. The number of likely N-dealkylation sites (N-methyl/N-ethyl adjacent to an activating group) is 1. The van der Waals surface area contributed by atoms with Gasteiger partial charge >= 0.3 is 0 Å². The molecule has 0 saturated carbocycles. The summed E-state index contributed by atoms with van der Waals surface area (Å²) in [6.07, 6.45) is 4.74. The molecule has 0 aliphatic carbocycles. The zero-order chi connectivity index (χ0) is 24.4. The van der Waals surface area contributed by atoms with Crippen LogP contribution in [0.3, 0.4) is 0 Å². The molecule has 0 fully saturated rings. The van der Waals surface area contributed by atoms with Crippen molar-refractivity contribution in [2.45, 2.75) is 41.5 Å². The normalized spacial score (nSPS) is 10.3. The summed E-state index contributed by atoms with van der Waals surface area (Å²) in [7, 11) is 0. The fourth-order valence-electron chi connectivity index (χ4n) is 3.07. The number of carbonyl (C=O) groups excluding carboxylic acids is 1. The lowest BCUT2D eigenvalue weighted by atomic mass is 10.1. The molecule has 0 aromatic carbocycles. The van der Waals surface area contributed by atoms with E-state index in [2.05, 4.69) is 55.8 Å². The number of aryl methyl sites for hydroxylation is 2. The monoisotopic (exact) mass is 447 g/mol. The van der Waals surface area contributed by atoms with E-state index in [0.29, 0.717) is 34.3 Å². The van der Waals surface area contributed by atoms with Crippen LogP contribution in [0.5, 0.6) is 0 Å². The highest BCUT2D eigenvalue weighted by Crippen LogP contribution is 2.19. The second kappa shape index (κ2) is 12.5. The number of nitrogens with one attached hydrogen (secondary N) is 1.